The third-order valence-corrected chi connectivity index (χ3v) is 4.82. The van der Waals surface area contributed by atoms with E-state index >= 15 is 0 Å². The van der Waals surface area contributed by atoms with Crippen molar-refractivity contribution in [3.05, 3.63) is 0 Å². The van der Waals surface area contributed by atoms with Crippen molar-refractivity contribution in [1.82, 2.24) is 10.6 Å². The molecule has 3 unspecified atom stereocenters. The van der Waals surface area contributed by atoms with Crippen LogP contribution in [0.1, 0.15) is 38.5 Å². The van der Waals surface area contributed by atoms with Gasteiger partial charge in [0, 0.05) is 23.9 Å². The summed E-state index contributed by atoms with van der Waals surface area (Å²) in [5.41, 5.74) is 0. The standard InChI is InChI=1S/C12H24N2S/c1-15-12-6-2-4-10(8-12)14-11-5-3-7-13-9-11/h10-14H,2-9H2,1H3. The summed E-state index contributed by atoms with van der Waals surface area (Å²) in [6, 6.07) is 1.53. The van der Waals surface area contributed by atoms with Gasteiger partial charge in [-0.15, -0.1) is 0 Å². The van der Waals surface area contributed by atoms with E-state index in [-0.39, 0.29) is 0 Å². The van der Waals surface area contributed by atoms with Crippen LogP contribution in [0.25, 0.3) is 0 Å². The van der Waals surface area contributed by atoms with E-state index in [1.165, 1.54) is 51.6 Å². The molecule has 1 aliphatic heterocycles. The van der Waals surface area contributed by atoms with E-state index in [1.54, 1.807) is 0 Å². The molecule has 88 valence electrons. The van der Waals surface area contributed by atoms with Crippen LogP contribution in [0.4, 0.5) is 0 Å². The average Bonchev–Trinajstić information content (AvgIpc) is 2.31. The molecule has 1 aliphatic carbocycles. The van der Waals surface area contributed by atoms with Crippen LogP contribution in [0.5, 0.6) is 0 Å². The molecule has 0 spiro atoms. The van der Waals surface area contributed by atoms with E-state index in [9.17, 15) is 0 Å². The number of piperidine rings is 1. The van der Waals surface area contributed by atoms with Crippen LogP contribution in [0.15, 0.2) is 0 Å². The maximum Gasteiger partial charge on any atom is 0.0195 e. The Kier molecular flexibility index (Phi) is 4.79. The third kappa shape index (κ3) is 3.65. The van der Waals surface area contributed by atoms with Crippen LogP contribution in [-0.2, 0) is 0 Å². The average molecular weight is 228 g/mol. The number of nitrogens with one attached hydrogen (secondary N) is 2. The lowest BCUT2D eigenvalue weighted by Gasteiger charge is -2.33. The molecule has 2 rings (SSSR count). The number of thioether (sulfide) groups is 1. The molecule has 2 fully saturated rings. The highest BCUT2D eigenvalue weighted by atomic mass is 32.2. The lowest BCUT2D eigenvalue weighted by molar-refractivity contribution is 0.304. The Morgan fingerprint density at radius 2 is 2.00 bits per heavy atom. The van der Waals surface area contributed by atoms with Crippen molar-refractivity contribution in [3.63, 3.8) is 0 Å². The molecule has 0 bridgehead atoms. The lowest BCUT2D eigenvalue weighted by atomic mass is 9.93. The molecule has 0 amide bonds. The lowest BCUT2D eigenvalue weighted by Crippen LogP contribution is -2.48. The Hall–Kier alpha value is 0.270. The quantitative estimate of drug-likeness (QED) is 0.772. The second kappa shape index (κ2) is 6.12. The van der Waals surface area contributed by atoms with Crippen molar-refractivity contribution < 1.29 is 0 Å². The summed E-state index contributed by atoms with van der Waals surface area (Å²) >= 11 is 2.06. The third-order valence-electron chi connectivity index (χ3n) is 3.73. The predicted octanol–water partition coefficient (Wildman–Crippen LogP) is 2.00. The number of hydrogen-bond donors (Lipinski definition) is 2. The van der Waals surface area contributed by atoms with Crippen molar-refractivity contribution in [2.45, 2.75) is 55.9 Å². The molecule has 0 aromatic rings. The van der Waals surface area contributed by atoms with Gasteiger partial charge in [-0.2, -0.15) is 11.8 Å². The first-order valence-corrected chi connectivity index (χ1v) is 7.67. The largest absolute Gasteiger partial charge is 0.315 e. The molecule has 0 aromatic heterocycles. The Morgan fingerprint density at radius 1 is 1.13 bits per heavy atom. The molecule has 1 saturated heterocycles. The van der Waals surface area contributed by atoms with Gasteiger partial charge < -0.3 is 10.6 Å². The molecular weight excluding hydrogens is 204 g/mol. The van der Waals surface area contributed by atoms with E-state index < -0.39 is 0 Å². The van der Waals surface area contributed by atoms with Crippen LogP contribution in [0.2, 0.25) is 0 Å². The molecule has 15 heavy (non-hydrogen) atoms. The summed E-state index contributed by atoms with van der Waals surface area (Å²) in [6.07, 6.45) is 10.6. The van der Waals surface area contributed by atoms with Crippen LogP contribution < -0.4 is 10.6 Å². The van der Waals surface area contributed by atoms with Gasteiger partial charge in [0.2, 0.25) is 0 Å². The molecule has 2 aliphatic rings. The highest BCUT2D eigenvalue weighted by Crippen LogP contribution is 2.27. The van der Waals surface area contributed by atoms with E-state index in [0.29, 0.717) is 0 Å². The zero-order valence-electron chi connectivity index (χ0n) is 9.80. The van der Waals surface area contributed by atoms with Crippen molar-refractivity contribution in [2.24, 2.45) is 0 Å². The summed E-state index contributed by atoms with van der Waals surface area (Å²) in [5.74, 6) is 0. The van der Waals surface area contributed by atoms with Crippen LogP contribution in [0.3, 0.4) is 0 Å². The van der Waals surface area contributed by atoms with Gasteiger partial charge in [0.05, 0.1) is 0 Å². The van der Waals surface area contributed by atoms with E-state index in [2.05, 4.69) is 28.7 Å². The molecule has 3 atom stereocenters. The van der Waals surface area contributed by atoms with Gasteiger partial charge in [0.15, 0.2) is 0 Å². The monoisotopic (exact) mass is 228 g/mol. The molecule has 2 N–H and O–H groups in total. The smallest absolute Gasteiger partial charge is 0.0195 e. The zero-order valence-corrected chi connectivity index (χ0v) is 10.6. The number of rotatable bonds is 3. The summed E-state index contributed by atoms with van der Waals surface area (Å²) in [5, 5.41) is 8.24. The van der Waals surface area contributed by atoms with E-state index in [4.69, 9.17) is 0 Å². The fraction of sp³-hybridized carbons (Fsp3) is 1.00. The van der Waals surface area contributed by atoms with E-state index in [0.717, 1.165) is 17.3 Å². The Balaban J connectivity index is 1.72. The van der Waals surface area contributed by atoms with Crippen molar-refractivity contribution in [2.75, 3.05) is 19.3 Å². The van der Waals surface area contributed by atoms with Crippen molar-refractivity contribution >= 4 is 11.8 Å². The maximum atomic E-state index is 3.85. The van der Waals surface area contributed by atoms with Crippen LogP contribution >= 0.6 is 11.8 Å². The SMILES string of the molecule is CSC1CCCC(NC2CCCNC2)C1. The summed E-state index contributed by atoms with van der Waals surface area (Å²) in [4.78, 5) is 0. The Morgan fingerprint density at radius 3 is 2.73 bits per heavy atom. The van der Waals surface area contributed by atoms with E-state index in [1.807, 2.05) is 0 Å². The van der Waals surface area contributed by atoms with Gasteiger partial charge in [-0.3, -0.25) is 0 Å². The minimum Gasteiger partial charge on any atom is -0.315 e. The van der Waals surface area contributed by atoms with Crippen molar-refractivity contribution in [1.29, 1.82) is 0 Å². The van der Waals surface area contributed by atoms with Gasteiger partial charge in [-0.05, 0) is 44.9 Å². The summed E-state index contributed by atoms with van der Waals surface area (Å²) in [6.45, 7) is 2.40. The molecule has 0 aromatic carbocycles. The van der Waals surface area contributed by atoms with Gasteiger partial charge in [0.1, 0.15) is 0 Å². The zero-order chi connectivity index (χ0) is 10.5. The first-order valence-electron chi connectivity index (χ1n) is 6.38. The molecule has 2 nitrogen and oxygen atoms in total. The maximum absolute atomic E-state index is 3.85. The normalized spacial score (nSPS) is 37.8. The van der Waals surface area contributed by atoms with Gasteiger partial charge in [-0.1, -0.05) is 6.42 Å². The van der Waals surface area contributed by atoms with Crippen molar-refractivity contribution in [3.8, 4) is 0 Å². The van der Waals surface area contributed by atoms with Crippen LogP contribution in [-0.4, -0.2) is 36.7 Å². The summed E-state index contributed by atoms with van der Waals surface area (Å²) < 4.78 is 0. The fourth-order valence-electron chi connectivity index (χ4n) is 2.84. The fourth-order valence-corrected chi connectivity index (χ4v) is 3.66. The number of hydrogen-bond acceptors (Lipinski definition) is 3. The highest BCUT2D eigenvalue weighted by molar-refractivity contribution is 7.99. The molecule has 1 saturated carbocycles. The topological polar surface area (TPSA) is 24.1 Å². The summed E-state index contributed by atoms with van der Waals surface area (Å²) in [7, 11) is 0. The minimum atomic E-state index is 0.740. The van der Waals surface area contributed by atoms with Gasteiger partial charge in [-0.25, -0.2) is 0 Å². The minimum absolute atomic E-state index is 0.740. The van der Waals surface area contributed by atoms with Gasteiger partial charge >= 0.3 is 0 Å². The first kappa shape index (κ1) is 11.7. The Labute approximate surface area is 98.0 Å². The molecular formula is C12H24N2S. The molecule has 1 heterocycles. The van der Waals surface area contributed by atoms with Crippen LogP contribution in [0, 0.1) is 0 Å². The second-order valence-corrected chi connectivity index (χ2v) is 6.07. The molecule has 3 heteroatoms. The Bertz CT molecular complexity index is 180. The molecule has 0 radical (unpaired) electrons. The second-order valence-electron chi connectivity index (χ2n) is 4.93. The van der Waals surface area contributed by atoms with Gasteiger partial charge in [0.25, 0.3) is 0 Å². The highest BCUT2D eigenvalue weighted by Gasteiger charge is 2.23. The predicted molar refractivity (Wildman–Crippen MR) is 68.6 cm³/mol. The first-order chi connectivity index (χ1) is 7.38.